The number of aryl methyl sites for hydroxylation is 2. The molecule has 0 saturated carbocycles. The number of nitrogens with one attached hydrogen (secondary N) is 2. The third-order valence-electron chi connectivity index (χ3n) is 3.78. The van der Waals surface area contributed by atoms with E-state index in [-0.39, 0.29) is 0 Å². The lowest BCUT2D eigenvalue weighted by molar-refractivity contribution is 1.01. The highest BCUT2D eigenvalue weighted by molar-refractivity contribution is 5.43. The van der Waals surface area contributed by atoms with Gasteiger partial charge < -0.3 is 10.6 Å². The molecule has 0 unspecified atom stereocenters. The first kappa shape index (κ1) is 15.9. The summed E-state index contributed by atoms with van der Waals surface area (Å²) in [6, 6.07) is 14.2. The van der Waals surface area contributed by atoms with E-state index in [9.17, 15) is 0 Å². The number of hydrogen-bond donors (Lipinski definition) is 2. The van der Waals surface area contributed by atoms with Crippen LogP contribution in [0.15, 0.2) is 54.9 Å². The van der Waals surface area contributed by atoms with Gasteiger partial charge in [-0.3, -0.25) is 4.98 Å². The fraction of sp³-hybridized carbons (Fsp3) is 0.211. The summed E-state index contributed by atoms with van der Waals surface area (Å²) >= 11 is 0. The Kier molecular flexibility index (Phi) is 5.01. The van der Waals surface area contributed by atoms with E-state index in [1.54, 1.807) is 12.4 Å². The van der Waals surface area contributed by atoms with Gasteiger partial charge >= 0.3 is 0 Å². The van der Waals surface area contributed by atoms with Crippen molar-refractivity contribution >= 4 is 11.8 Å². The van der Waals surface area contributed by atoms with Crippen molar-refractivity contribution in [2.75, 3.05) is 10.6 Å². The monoisotopic (exact) mass is 319 g/mol. The number of pyridine rings is 1. The zero-order valence-electron chi connectivity index (χ0n) is 14.0. The minimum absolute atomic E-state index is 0.624. The quantitative estimate of drug-likeness (QED) is 0.725. The minimum atomic E-state index is 0.624. The van der Waals surface area contributed by atoms with Crippen molar-refractivity contribution in [3.63, 3.8) is 0 Å². The lowest BCUT2D eigenvalue weighted by atomic mass is 10.1. The van der Waals surface area contributed by atoms with Crippen LogP contribution in [0.2, 0.25) is 0 Å². The number of anilines is 2. The highest BCUT2D eigenvalue weighted by Crippen LogP contribution is 2.13. The number of hydrogen-bond acceptors (Lipinski definition) is 5. The molecule has 2 heterocycles. The summed E-state index contributed by atoms with van der Waals surface area (Å²) < 4.78 is 0. The Labute approximate surface area is 142 Å². The van der Waals surface area contributed by atoms with Crippen LogP contribution >= 0.6 is 0 Å². The van der Waals surface area contributed by atoms with Crippen LogP contribution in [-0.4, -0.2) is 15.0 Å². The van der Waals surface area contributed by atoms with Gasteiger partial charge in [0.05, 0.1) is 0 Å². The largest absolute Gasteiger partial charge is 0.366 e. The van der Waals surface area contributed by atoms with E-state index in [1.165, 1.54) is 11.1 Å². The van der Waals surface area contributed by atoms with Gasteiger partial charge in [0.2, 0.25) is 5.95 Å². The third kappa shape index (κ3) is 4.29. The molecular weight excluding hydrogens is 298 g/mol. The van der Waals surface area contributed by atoms with E-state index in [1.807, 2.05) is 25.1 Å². The topological polar surface area (TPSA) is 62.7 Å². The first-order valence-electron chi connectivity index (χ1n) is 7.97. The second-order valence-corrected chi connectivity index (χ2v) is 5.71. The molecule has 0 fully saturated rings. The maximum absolute atomic E-state index is 4.54. The van der Waals surface area contributed by atoms with Crippen molar-refractivity contribution in [3.8, 4) is 0 Å². The van der Waals surface area contributed by atoms with Crippen LogP contribution in [0.5, 0.6) is 0 Å². The zero-order valence-corrected chi connectivity index (χ0v) is 14.0. The normalized spacial score (nSPS) is 10.4. The van der Waals surface area contributed by atoms with Gasteiger partial charge in [-0.25, -0.2) is 4.98 Å². The summed E-state index contributed by atoms with van der Waals surface area (Å²) in [4.78, 5) is 13.0. The Hall–Kier alpha value is -2.95. The molecule has 5 heteroatoms. The van der Waals surface area contributed by atoms with E-state index in [2.05, 4.69) is 56.8 Å². The molecule has 1 aromatic carbocycles. The zero-order chi connectivity index (χ0) is 16.8. The van der Waals surface area contributed by atoms with E-state index < -0.39 is 0 Å². The molecule has 3 rings (SSSR count). The number of aromatic nitrogens is 3. The molecule has 0 aliphatic carbocycles. The fourth-order valence-corrected chi connectivity index (χ4v) is 2.41. The van der Waals surface area contributed by atoms with E-state index in [0.29, 0.717) is 12.5 Å². The standard InChI is InChI=1S/C19H21N5/c1-14-5-3-4-6-17(14)13-21-18-11-15(2)23-19(24-18)22-12-16-7-9-20-10-8-16/h3-11H,12-13H2,1-2H3,(H2,21,22,23,24). The molecule has 0 aliphatic heterocycles. The molecule has 5 nitrogen and oxygen atoms in total. The third-order valence-corrected chi connectivity index (χ3v) is 3.78. The number of benzene rings is 1. The Morgan fingerprint density at radius 2 is 1.67 bits per heavy atom. The molecule has 0 spiro atoms. The van der Waals surface area contributed by atoms with Crippen LogP contribution in [0.4, 0.5) is 11.8 Å². The van der Waals surface area contributed by atoms with Crippen molar-refractivity contribution in [2.24, 2.45) is 0 Å². The van der Waals surface area contributed by atoms with Gasteiger partial charge in [0.1, 0.15) is 5.82 Å². The van der Waals surface area contributed by atoms with Gasteiger partial charge in [0, 0.05) is 37.2 Å². The first-order valence-corrected chi connectivity index (χ1v) is 7.97. The van der Waals surface area contributed by atoms with Gasteiger partial charge in [-0.15, -0.1) is 0 Å². The SMILES string of the molecule is Cc1cc(NCc2ccccc2C)nc(NCc2ccncc2)n1. The second kappa shape index (κ2) is 7.55. The molecule has 0 amide bonds. The Morgan fingerprint density at radius 3 is 2.46 bits per heavy atom. The van der Waals surface area contributed by atoms with Gasteiger partial charge in [0.25, 0.3) is 0 Å². The lowest BCUT2D eigenvalue weighted by Crippen LogP contribution is -2.08. The van der Waals surface area contributed by atoms with Crippen molar-refractivity contribution in [1.29, 1.82) is 0 Å². The van der Waals surface area contributed by atoms with Crippen molar-refractivity contribution in [2.45, 2.75) is 26.9 Å². The highest BCUT2D eigenvalue weighted by atomic mass is 15.1. The van der Waals surface area contributed by atoms with Crippen LogP contribution in [0.3, 0.4) is 0 Å². The average molecular weight is 319 g/mol. The molecular formula is C19H21N5. The van der Waals surface area contributed by atoms with Gasteiger partial charge in [0.15, 0.2) is 0 Å². The van der Waals surface area contributed by atoms with Crippen LogP contribution < -0.4 is 10.6 Å². The van der Waals surface area contributed by atoms with Gasteiger partial charge in [-0.05, 0) is 42.7 Å². The van der Waals surface area contributed by atoms with E-state index in [0.717, 1.165) is 23.6 Å². The molecule has 2 N–H and O–H groups in total. The molecule has 0 bridgehead atoms. The van der Waals surface area contributed by atoms with Crippen LogP contribution in [-0.2, 0) is 13.1 Å². The molecule has 2 aromatic heterocycles. The molecule has 0 atom stereocenters. The van der Waals surface area contributed by atoms with Crippen LogP contribution in [0.1, 0.15) is 22.4 Å². The summed E-state index contributed by atoms with van der Waals surface area (Å²) in [6.07, 6.45) is 3.56. The number of nitrogens with zero attached hydrogens (tertiary/aromatic N) is 3. The molecule has 0 aliphatic rings. The van der Waals surface area contributed by atoms with Crippen molar-refractivity contribution in [3.05, 3.63) is 77.2 Å². The average Bonchev–Trinajstić information content (AvgIpc) is 2.60. The summed E-state index contributed by atoms with van der Waals surface area (Å²) in [5.74, 6) is 1.45. The minimum Gasteiger partial charge on any atom is -0.366 e. The Bertz CT molecular complexity index is 802. The van der Waals surface area contributed by atoms with Crippen molar-refractivity contribution in [1.82, 2.24) is 15.0 Å². The summed E-state index contributed by atoms with van der Waals surface area (Å²) in [7, 11) is 0. The lowest BCUT2D eigenvalue weighted by Gasteiger charge is -2.11. The highest BCUT2D eigenvalue weighted by Gasteiger charge is 2.03. The molecule has 24 heavy (non-hydrogen) atoms. The Morgan fingerprint density at radius 1 is 0.875 bits per heavy atom. The number of rotatable bonds is 6. The molecule has 122 valence electrons. The van der Waals surface area contributed by atoms with E-state index in [4.69, 9.17) is 0 Å². The van der Waals surface area contributed by atoms with Gasteiger partial charge in [-0.1, -0.05) is 24.3 Å². The van der Waals surface area contributed by atoms with Crippen LogP contribution in [0.25, 0.3) is 0 Å². The second-order valence-electron chi connectivity index (χ2n) is 5.71. The summed E-state index contributed by atoms with van der Waals surface area (Å²) in [5.41, 5.74) is 4.60. The Balaban J connectivity index is 1.66. The maximum Gasteiger partial charge on any atom is 0.225 e. The smallest absolute Gasteiger partial charge is 0.225 e. The predicted octanol–water partition coefficient (Wildman–Crippen LogP) is 3.71. The van der Waals surface area contributed by atoms with Crippen molar-refractivity contribution < 1.29 is 0 Å². The van der Waals surface area contributed by atoms with Crippen LogP contribution in [0, 0.1) is 13.8 Å². The fourth-order valence-electron chi connectivity index (χ4n) is 2.41. The molecule has 0 saturated heterocycles. The summed E-state index contributed by atoms with van der Waals surface area (Å²) in [5, 5.41) is 6.64. The first-order chi connectivity index (χ1) is 11.7. The molecule has 3 aromatic rings. The molecule has 0 radical (unpaired) electrons. The maximum atomic E-state index is 4.54. The predicted molar refractivity (Wildman–Crippen MR) is 96.8 cm³/mol. The van der Waals surface area contributed by atoms with Gasteiger partial charge in [-0.2, -0.15) is 4.98 Å². The summed E-state index contributed by atoms with van der Waals surface area (Å²) in [6.45, 7) is 5.50. The van der Waals surface area contributed by atoms with E-state index >= 15 is 0 Å².